The summed E-state index contributed by atoms with van der Waals surface area (Å²) in [6.45, 7) is 1.75. The van der Waals surface area contributed by atoms with Crippen LogP contribution >= 0.6 is 11.3 Å². The molecule has 0 spiro atoms. The summed E-state index contributed by atoms with van der Waals surface area (Å²) in [5.74, 6) is 0. The largest absolute Gasteiger partial charge is 0.394 e. The summed E-state index contributed by atoms with van der Waals surface area (Å²) in [5.41, 5.74) is 0.789. The molecule has 0 saturated carbocycles. The van der Waals surface area contributed by atoms with E-state index in [1.807, 2.05) is 16.8 Å². The molecular formula is C9H14N2O2S. The van der Waals surface area contributed by atoms with Crippen molar-refractivity contribution in [2.45, 2.75) is 13.0 Å². The first-order valence-electron chi connectivity index (χ1n) is 4.32. The molecule has 0 fully saturated rings. The lowest BCUT2D eigenvalue weighted by molar-refractivity contribution is 0.166. The number of carbonyl (C=O) groups is 1. The van der Waals surface area contributed by atoms with Crippen LogP contribution in [0.5, 0.6) is 0 Å². The van der Waals surface area contributed by atoms with Crippen LogP contribution < -0.4 is 5.32 Å². The SMILES string of the molecule is CC(CO)N(C)C(=O)Nc1ccsc1. The van der Waals surface area contributed by atoms with Gasteiger partial charge in [0.2, 0.25) is 0 Å². The van der Waals surface area contributed by atoms with Crippen molar-refractivity contribution in [3.63, 3.8) is 0 Å². The summed E-state index contributed by atoms with van der Waals surface area (Å²) in [5, 5.41) is 15.3. The molecule has 78 valence electrons. The highest BCUT2D eigenvalue weighted by atomic mass is 32.1. The maximum absolute atomic E-state index is 11.5. The summed E-state index contributed by atoms with van der Waals surface area (Å²) in [6, 6.07) is 1.46. The maximum Gasteiger partial charge on any atom is 0.321 e. The zero-order valence-corrected chi connectivity index (χ0v) is 9.04. The molecule has 4 nitrogen and oxygen atoms in total. The number of nitrogens with zero attached hydrogens (tertiary/aromatic N) is 1. The normalized spacial score (nSPS) is 12.2. The number of nitrogens with one attached hydrogen (secondary N) is 1. The van der Waals surface area contributed by atoms with Crippen LogP contribution in [0.3, 0.4) is 0 Å². The van der Waals surface area contributed by atoms with Crippen LogP contribution in [0, 0.1) is 0 Å². The Balaban J connectivity index is 2.50. The van der Waals surface area contributed by atoms with E-state index < -0.39 is 0 Å². The molecule has 0 saturated heterocycles. The molecule has 0 aliphatic carbocycles. The van der Waals surface area contributed by atoms with E-state index in [0.29, 0.717) is 0 Å². The van der Waals surface area contributed by atoms with Crippen molar-refractivity contribution < 1.29 is 9.90 Å². The van der Waals surface area contributed by atoms with Gasteiger partial charge >= 0.3 is 6.03 Å². The van der Waals surface area contributed by atoms with Gasteiger partial charge in [0.05, 0.1) is 18.3 Å². The molecule has 1 rings (SSSR count). The molecule has 1 unspecified atom stereocenters. The average molecular weight is 214 g/mol. The summed E-state index contributed by atoms with van der Waals surface area (Å²) in [4.78, 5) is 13.0. The van der Waals surface area contributed by atoms with E-state index >= 15 is 0 Å². The second kappa shape index (κ2) is 4.97. The summed E-state index contributed by atoms with van der Waals surface area (Å²) in [6.07, 6.45) is 0. The molecular weight excluding hydrogens is 200 g/mol. The van der Waals surface area contributed by atoms with E-state index in [4.69, 9.17) is 5.11 Å². The third-order valence-electron chi connectivity index (χ3n) is 2.02. The highest BCUT2D eigenvalue weighted by molar-refractivity contribution is 7.08. The number of aliphatic hydroxyl groups is 1. The van der Waals surface area contributed by atoms with E-state index in [2.05, 4.69) is 5.32 Å². The fourth-order valence-corrected chi connectivity index (χ4v) is 1.46. The minimum Gasteiger partial charge on any atom is -0.394 e. The van der Waals surface area contributed by atoms with Crippen molar-refractivity contribution in [2.24, 2.45) is 0 Å². The van der Waals surface area contributed by atoms with Crippen molar-refractivity contribution in [3.8, 4) is 0 Å². The molecule has 0 bridgehead atoms. The number of thiophene rings is 1. The molecule has 5 heteroatoms. The number of carbonyl (C=O) groups excluding carboxylic acids is 1. The minimum absolute atomic E-state index is 0.0342. The van der Waals surface area contributed by atoms with Crippen molar-refractivity contribution in [3.05, 3.63) is 16.8 Å². The van der Waals surface area contributed by atoms with Gasteiger partial charge in [-0.1, -0.05) is 0 Å². The zero-order valence-electron chi connectivity index (χ0n) is 8.23. The predicted octanol–water partition coefficient (Wildman–Crippen LogP) is 1.59. The first-order valence-corrected chi connectivity index (χ1v) is 5.26. The van der Waals surface area contributed by atoms with Gasteiger partial charge in [-0.3, -0.25) is 0 Å². The van der Waals surface area contributed by atoms with Crippen LogP contribution in [0.1, 0.15) is 6.92 Å². The van der Waals surface area contributed by atoms with Crippen LogP contribution in [0.2, 0.25) is 0 Å². The Kier molecular flexibility index (Phi) is 3.91. The number of hydrogen-bond donors (Lipinski definition) is 2. The number of amides is 2. The van der Waals surface area contributed by atoms with Gasteiger partial charge in [0.1, 0.15) is 0 Å². The fourth-order valence-electron chi connectivity index (χ4n) is 0.870. The van der Waals surface area contributed by atoms with Gasteiger partial charge in [0, 0.05) is 12.4 Å². The van der Waals surface area contributed by atoms with Gasteiger partial charge in [0.15, 0.2) is 0 Å². The van der Waals surface area contributed by atoms with Crippen LogP contribution in [-0.2, 0) is 0 Å². The quantitative estimate of drug-likeness (QED) is 0.803. The molecule has 0 aromatic carbocycles. The number of likely N-dealkylation sites (N-methyl/N-ethyl adjacent to an activating group) is 1. The summed E-state index contributed by atoms with van der Waals surface area (Å²) < 4.78 is 0. The second-order valence-electron chi connectivity index (χ2n) is 3.08. The molecule has 2 N–H and O–H groups in total. The lowest BCUT2D eigenvalue weighted by Crippen LogP contribution is -2.40. The molecule has 1 aromatic heterocycles. The molecule has 0 radical (unpaired) electrons. The van der Waals surface area contributed by atoms with Gasteiger partial charge in [0.25, 0.3) is 0 Å². The molecule has 14 heavy (non-hydrogen) atoms. The molecule has 0 aliphatic heterocycles. The van der Waals surface area contributed by atoms with E-state index in [0.717, 1.165) is 5.69 Å². The Morgan fingerprint density at radius 3 is 3.00 bits per heavy atom. The lowest BCUT2D eigenvalue weighted by Gasteiger charge is -2.23. The van der Waals surface area contributed by atoms with E-state index in [9.17, 15) is 4.79 Å². The Labute approximate surface area is 87.2 Å². The number of anilines is 1. The average Bonchev–Trinajstić information content (AvgIpc) is 2.68. The van der Waals surface area contributed by atoms with Crippen molar-refractivity contribution in [2.75, 3.05) is 19.0 Å². The minimum atomic E-state index is -0.204. The number of urea groups is 1. The van der Waals surface area contributed by atoms with Crippen LogP contribution in [0.4, 0.5) is 10.5 Å². The third kappa shape index (κ3) is 2.71. The van der Waals surface area contributed by atoms with E-state index in [-0.39, 0.29) is 18.7 Å². The summed E-state index contributed by atoms with van der Waals surface area (Å²) >= 11 is 1.52. The van der Waals surface area contributed by atoms with Crippen LogP contribution in [-0.4, -0.2) is 35.7 Å². The number of hydrogen-bond acceptors (Lipinski definition) is 3. The number of aliphatic hydroxyl groups excluding tert-OH is 1. The third-order valence-corrected chi connectivity index (χ3v) is 2.70. The molecule has 1 atom stereocenters. The van der Waals surface area contributed by atoms with Gasteiger partial charge in [-0.15, -0.1) is 0 Å². The Morgan fingerprint density at radius 2 is 2.50 bits per heavy atom. The topological polar surface area (TPSA) is 52.6 Å². The van der Waals surface area contributed by atoms with Crippen molar-refractivity contribution in [1.82, 2.24) is 4.90 Å². The van der Waals surface area contributed by atoms with Gasteiger partial charge in [-0.05, 0) is 18.4 Å². The molecule has 1 heterocycles. The van der Waals surface area contributed by atoms with Crippen molar-refractivity contribution >= 4 is 23.1 Å². The van der Waals surface area contributed by atoms with Gasteiger partial charge < -0.3 is 15.3 Å². The smallest absolute Gasteiger partial charge is 0.321 e. The van der Waals surface area contributed by atoms with Gasteiger partial charge in [-0.2, -0.15) is 11.3 Å². The maximum atomic E-state index is 11.5. The highest BCUT2D eigenvalue weighted by Gasteiger charge is 2.14. The molecule has 1 aromatic rings. The second-order valence-corrected chi connectivity index (χ2v) is 3.86. The predicted molar refractivity (Wildman–Crippen MR) is 57.6 cm³/mol. The molecule has 2 amide bonds. The Hall–Kier alpha value is -1.07. The zero-order chi connectivity index (χ0) is 10.6. The molecule has 0 aliphatic rings. The monoisotopic (exact) mass is 214 g/mol. The van der Waals surface area contributed by atoms with E-state index in [1.54, 1.807) is 14.0 Å². The fraction of sp³-hybridized carbons (Fsp3) is 0.444. The Morgan fingerprint density at radius 1 is 1.79 bits per heavy atom. The highest BCUT2D eigenvalue weighted by Crippen LogP contribution is 2.12. The first kappa shape index (κ1) is 11.0. The lowest BCUT2D eigenvalue weighted by atomic mass is 10.3. The standard InChI is InChI=1S/C9H14N2O2S/c1-7(5-12)11(2)9(13)10-8-3-4-14-6-8/h3-4,6-7,12H,5H2,1-2H3,(H,10,13). The number of rotatable bonds is 3. The first-order chi connectivity index (χ1) is 6.65. The summed E-state index contributed by atoms with van der Waals surface area (Å²) in [7, 11) is 1.66. The van der Waals surface area contributed by atoms with Crippen molar-refractivity contribution in [1.29, 1.82) is 0 Å². The van der Waals surface area contributed by atoms with Crippen LogP contribution in [0.15, 0.2) is 16.8 Å². The Bertz CT molecular complexity index is 287. The van der Waals surface area contributed by atoms with Gasteiger partial charge in [-0.25, -0.2) is 4.79 Å². The van der Waals surface area contributed by atoms with Crippen LogP contribution in [0.25, 0.3) is 0 Å². The van der Waals surface area contributed by atoms with E-state index in [1.165, 1.54) is 16.2 Å².